The highest BCUT2D eigenvalue weighted by Gasteiger charge is 2.35. The smallest absolute Gasteiger partial charge is 0.293 e. The van der Waals surface area contributed by atoms with Crippen molar-refractivity contribution in [3.8, 4) is 23.0 Å². The molecule has 0 bridgehead atoms. The minimum absolute atomic E-state index is 0.0269. The van der Waals surface area contributed by atoms with E-state index in [-0.39, 0.29) is 18.6 Å². The lowest BCUT2D eigenvalue weighted by Crippen LogP contribution is -2.27. The molecule has 3 aromatic rings. The number of halogens is 2. The van der Waals surface area contributed by atoms with Gasteiger partial charge in [0.05, 0.1) is 18.1 Å². The van der Waals surface area contributed by atoms with Crippen molar-refractivity contribution in [2.24, 2.45) is 0 Å². The maximum Gasteiger partial charge on any atom is 0.293 e. The van der Waals surface area contributed by atoms with Gasteiger partial charge in [-0.05, 0) is 71.8 Å². The van der Waals surface area contributed by atoms with Crippen LogP contribution < -0.4 is 18.9 Å². The molecule has 0 spiro atoms. The van der Waals surface area contributed by atoms with E-state index >= 15 is 0 Å². The zero-order chi connectivity index (χ0) is 25.9. The van der Waals surface area contributed by atoms with Crippen LogP contribution in [-0.4, -0.2) is 29.4 Å². The lowest BCUT2D eigenvalue weighted by molar-refractivity contribution is -0.123. The lowest BCUT2D eigenvalue weighted by Gasteiger charge is -2.14. The van der Waals surface area contributed by atoms with Crippen molar-refractivity contribution in [3.05, 3.63) is 86.2 Å². The van der Waals surface area contributed by atoms with Crippen molar-refractivity contribution in [2.45, 2.75) is 20.1 Å². The molecule has 0 unspecified atom stereocenters. The van der Waals surface area contributed by atoms with E-state index in [9.17, 15) is 9.59 Å². The van der Waals surface area contributed by atoms with Crippen LogP contribution in [0, 0.1) is 0 Å². The third kappa shape index (κ3) is 5.66. The van der Waals surface area contributed by atoms with E-state index in [1.807, 2.05) is 25.1 Å². The molecule has 1 saturated heterocycles. The predicted octanol–water partition coefficient (Wildman–Crippen LogP) is 6.94. The summed E-state index contributed by atoms with van der Waals surface area (Å²) in [6.45, 7) is 2.79. The Kier molecular flexibility index (Phi) is 7.50. The van der Waals surface area contributed by atoms with Crippen LogP contribution in [0.4, 0.5) is 4.79 Å². The Morgan fingerprint density at radius 2 is 1.73 bits per heavy atom. The van der Waals surface area contributed by atoms with Crippen molar-refractivity contribution in [3.63, 3.8) is 0 Å². The second-order valence-corrected chi connectivity index (χ2v) is 9.96. The highest BCUT2D eigenvalue weighted by atomic mass is 35.5. The molecule has 10 heteroatoms. The van der Waals surface area contributed by atoms with Gasteiger partial charge >= 0.3 is 0 Å². The number of carbonyl (C=O) groups is 2. The number of benzene rings is 3. The number of hydrogen-bond acceptors (Lipinski definition) is 7. The predicted molar refractivity (Wildman–Crippen MR) is 142 cm³/mol. The number of nitrogens with zero attached hydrogens (tertiary/aromatic N) is 1. The van der Waals surface area contributed by atoms with Crippen LogP contribution in [0.3, 0.4) is 0 Å². The Morgan fingerprint density at radius 1 is 0.973 bits per heavy atom. The number of imide groups is 1. The first-order chi connectivity index (χ1) is 17.9. The van der Waals surface area contributed by atoms with Gasteiger partial charge in [-0.1, -0.05) is 41.4 Å². The maximum atomic E-state index is 13.1. The van der Waals surface area contributed by atoms with Gasteiger partial charge in [-0.2, -0.15) is 0 Å². The Bertz CT molecular complexity index is 1390. The van der Waals surface area contributed by atoms with Crippen molar-refractivity contribution < 1.29 is 28.5 Å². The molecular weight excluding hydrogens is 537 g/mol. The number of ether oxygens (including phenoxy) is 4. The number of thioether (sulfide) groups is 1. The normalized spacial score (nSPS) is 15.5. The van der Waals surface area contributed by atoms with Gasteiger partial charge in [0.15, 0.2) is 23.0 Å². The molecule has 0 atom stereocenters. The summed E-state index contributed by atoms with van der Waals surface area (Å²) in [6.07, 6.45) is 1.66. The molecule has 5 rings (SSSR count). The van der Waals surface area contributed by atoms with Gasteiger partial charge in [0.1, 0.15) is 6.61 Å². The number of hydrogen-bond donors (Lipinski definition) is 0. The van der Waals surface area contributed by atoms with E-state index in [4.69, 9.17) is 42.1 Å². The minimum atomic E-state index is -0.398. The monoisotopic (exact) mass is 557 g/mol. The quantitative estimate of drug-likeness (QED) is 0.278. The van der Waals surface area contributed by atoms with Crippen LogP contribution in [0.5, 0.6) is 23.0 Å². The molecule has 0 saturated carbocycles. The van der Waals surface area contributed by atoms with Crippen LogP contribution in [0.15, 0.2) is 59.5 Å². The highest BCUT2D eigenvalue weighted by molar-refractivity contribution is 8.18. The van der Waals surface area contributed by atoms with Gasteiger partial charge in [0.2, 0.25) is 6.79 Å². The standard InChI is InChI=1S/C27H21Cl2NO6S/c1-2-33-22-9-17(5-8-21(22)34-14-16-3-6-19(28)7-4-16)10-25-26(31)30(27(32)37-25)13-18-11-23-24(12-20(18)29)36-15-35-23/h3-12H,2,13-15H2,1H3/b25-10+. The second-order valence-electron chi connectivity index (χ2n) is 8.12. The van der Waals surface area contributed by atoms with Crippen LogP contribution >= 0.6 is 35.0 Å². The fraction of sp³-hybridized carbons (Fsp3) is 0.185. The topological polar surface area (TPSA) is 74.3 Å². The first-order valence-corrected chi connectivity index (χ1v) is 13.0. The zero-order valence-corrected chi connectivity index (χ0v) is 22.0. The fourth-order valence-corrected chi connectivity index (χ4v) is 4.96. The van der Waals surface area contributed by atoms with Gasteiger partial charge in [-0.3, -0.25) is 14.5 Å². The number of fused-ring (bicyclic) bond motifs is 1. The Morgan fingerprint density at radius 3 is 2.49 bits per heavy atom. The molecule has 37 heavy (non-hydrogen) atoms. The summed E-state index contributed by atoms with van der Waals surface area (Å²) in [6, 6.07) is 16.1. The van der Waals surface area contributed by atoms with E-state index in [1.54, 1.807) is 42.5 Å². The fourth-order valence-electron chi connectivity index (χ4n) is 3.78. The molecule has 190 valence electrons. The molecule has 2 amide bonds. The first kappa shape index (κ1) is 25.3. The van der Waals surface area contributed by atoms with Crippen LogP contribution in [-0.2, 0) is 17.9 Å². The van der Waals surface area contributed by atoms with E-state index in [0.29, 0.717) is 62.3 Å². The average Bonchev–Trinajstić information content (AvgIpc) is 3.44. The Hall–Kier alpha value is -3.33. The van der Waals surface area contributed by atoms with Gasteiger partial charge in [0, 0.05) is 16.1 Å². The Labute approximate surface area is 227 Å². The average molecular weight is 558 g/mol. The SMILES string of the molecule is CCOc1cc(/C=C2/SC(=O)N(Cc3cc4c(cc3Cl)OCO4)C2=O)ccc1OCc1ccc(Cl)cc1. The van der Waals surface area contributed by atoms with E-state index in [0.717, 1.165) is 22.2 Å². The molecule has 0 radical (unpaired) electrons. The molecular formula is C27H21Cl2NO6S. The van der Waals surface area contributed by atoms with Crippen LogP contribution in [0.2, 0.25) is 10.0 Å². The largest absolute Gasteiger partial charge is 0.490 e. The molecule has 0 aromatic heterocycles. The maximum absolute atomic E-state index is 13.1. The summed E-state index contributed by atoms with van der Waals surface area (Å²) >= 11 is 13.2. The summed E-state index contributed by atoms with van der Waals surface area (Å²) in [5.74, 6) is 1.78. The molecule has 1 fully saturated rings. The van der Waals surface area contributed by atoms with Crippen LogP contribution in [0.25, 0.3) is 6.08 Å². The lowest BCUT2D eigenvalue weighted by atomic mass is 10.1. The third-order valence-electron chi connectivity index (χ3n) is 5.62. The van der Waals surface area contributed by atoms with E-state index < -0.39 is 5.91 Å². The number of carbonyl (C=O) groups excluding carboxylic acids is 2. The number of amides is 2. The molecule has 0 N–H and O–H groups in total. The zero-order valence-electron chi connectivity index (χ0n) is 19.7. The summed E-state index contributed by atoms with van der Waals surface area (Å²) in [5.41, 5.74) is 2.26. The van der Waals surface area contributed by atoms with E-state index in [2.05, 4.69) is 0 Å². The van der Waals surface area contributed by atoms with Gasteiger partial charge in [-0.25, -0.2) is 0 Å². The summed E-state index contributed by atoms with van der Waals surface area (Å²) in [5, 5.41) is 0.673. The van der Waals surface area contributed by atoms with Gasteiger partial charge < -0.3 is 18.9 Å². The van der Waals surface area contributed by atoms with Crippen molar-refractivity contribution in [2.75, 3.05) is 13.4 Å². The second kappa shape index (κ2) is 11.0. The molecule has 2 aliphatic rings. The molecule has 7 nitrogen and oxygen atoms in total. The van der Waals surface area contributed by atoms with Crippen molar-refractivity contribution in [1.29, 1.82) is 0 Å². The minimum Gasteiger partial charge on any atom is -0.490 e. The van der Waals surface area contributed by atoms with Crippen molar-refractivity contribution >= 4 is 52.2 Å². The van der Waals surface area contributed by atoms with E-state index in [1.165, 1.54) is 0 Å². The first-order valence-electron chi connectivity index (χ1n) is 11.4. The van der Waals surface area contributed by atoms with Gasteiger partial charge in [-0.15, -0.1) is 0 Å². The molecule has 2 aliphatic heterocycles. The molecule has 2 heterocycles. The highest BCUT2D eigenvalue weighted by Crippen LogP contribution is 2.40. The summed E-state index contributed by atoms with van der Waals surface area (Å²) in [4.78, 5) is 27.2. The third-order valence-corrected chi connectivity index (χ3v) is 7.13. The van der Waals surface area contributed by atoms with Crippen LogP contribution in [0.1, 0.15) is 23.6 Å². The molecule has 0 aliphatic carbocycles. The summed E-state index contributed by atoms with van der Waals surface area (Å²) < 4.78 is 22.4. The Balaban J connectivity index is 1.32. The van der Waals surface area contributed by atoms with Crippen molar-refractivity contribution in [1.82, 2.24) is 4.90 Å². The molecule has 3 aromatic carbocycles. The summed E-state index contributed by atoms with van der Waals surface area (Å²) in [7, 11) is 0. The van der Waals surface area contributed by atoms with Gasteiger partial charge in [0.25, 0.3) is 11.1 Å². The number of rotatable bonds is 8.